The largest absolute Gasteiger partial charge is 0.463 e. The van der Waals surface area contributed by atoms with E-state index in [-0.39, 0.29) is 0 Å². The van der Waals surface area contributed by atoms with Crippen LogP contribution in [-0.4, -0.2) is 43.2 Å². The van der Waals surface area contributed by atoms with Crippen molar-refractivity contribution in [2.45, 2.75) is 6.29 Å². The SMILES string of the molecule is CN(C)CC(O)Oc1ccccc1C=O. The number of ether oxygens (including phenoxy) is 1. The van der Waals surface area contributed by atoms with Gasteiger partial charge in [-0.1, -0.05) is 12.1 Å². The fraction of sp³-hybridized carbons (Fsp3) is 0.364. The highest BCUT2D eigenvalue weighted by atomic mass is 16.6. The standard InChI is InChI=1S/C11H15NO3/c1-12(2)7-11(14)15-10-6-4-3-5-9(10)8-13/h3-6,8,11,14H,7H2,1-2H3. The maximum absolute atomic E-state index is 10.7. The van der Waals surface area contributed by atoms with Crippen molar-refractivity contribution in [1.29, 1.82) is 0 Å². The first-order valence-corrected chi connectivity index (χ1v) is 4.67. The first-order valence-electron chi connectivity index (χ1n) is 4.67. The van der Waals surface area contributed by atoms with Crippen molar-refractivity contribution in [3.8, 4) is 5.75 Å². The van der Waals surface area contributed by atoms with E-state index in [4.69, 9.17) is 4.74 Å². The number of aldehydes is 1. The molecule has 1 rings (SSSR count). The number of aliphatic hydroxyl groups excluding tert-OH is 1. The molecule has 1 atom stereocenters. The number of carbonyl (C=O) groups excluding carboxylic acids is 1. The Morgan fingerprint density at radius 2 is 2.13 bits per heavy atom. The highest BCUT2D eigenvalue weighted by Crippen LogP contribution is 2.16. The summed E-state index contributed by atoms with van der Waals surface area (Å²) in [6.45, 7) is 0.382. The quantitative estimate of drug-likeness (QED) is 0.574. The molecule has 0 saturated heterocycles. The molecule has 0 amide bonds. The van der Waals surface area contributed by atoms with Crippen LogP contribution in [0.3, 0.4) is 0 Å². The third kappa shape index (κ3) is 3.69. The van der Waals surface area contributed by atoms with Crippen molar-refractivity contribution >= 4 is 6.29 Å². The molecule has 1 N–H and O–H groups in total. The Labute approximate surface area is 89.1 Å². The number of nitrogens with zero attached hydrogens (tertiary/aromatic N) is 1. The van der Waals surface area contributed by atoms with Crippen molar-refractivity contribution < 1.29 is 14.6 Å². The van der Waals surface area contributed by atoms with Gasteiger partial charge in [0.15, 0.2) is 6.29 Å². The third-order valence-corrected chi connectivity index (χ3v) is 1.83. The molecule has 15 heavy (non-hydrogen) atoms. The van der Waals surface area contributed by atoms with E-state index in [1.54, 1.807) is 29.2 Å². The zero-order valence-corrected chi connectivity index (χ0v) is 8.88. The minimum absolute atomic E-state index is 0.382. The van der Waals surface area contributed by atoms with E-state index in [1.165, 1.54) is 0 Å². The summed E-state index contributed by atoms with van der Waals surface area (Å²) in [5, 5.41) is 9.51. The Kier molecular flexibility index (Phi) is 4.27. The zero-order chi connectivity index (χ0) is 11.3. The molecule has 0 aliphatic rings. The van der Waals surface area contributed by atoms with E-state index in [9.17, 15) is 9.90 Å². The fourth-order valence-electron chi connectivity index (χ4n) is 1.18. The van der Waals surface area contributed by atoms with Crippen LogP contribution in [0.1, 0.15) is 10.4 Å². The van der Waals surface area contributed by atoms with E-state index in [0.29, 0.717) is 24.1 Å². The Hall–Kier alpha value is -1.39. The minimum atomic E-state index is -0.930. The van der Waals surface area contributed by atoms with Crippen molar-refractivity contribution in [2.75, 3.05) is 20.6 Å². The van der Waals surface area contributed by atoms with Crippen LogP contribution in [0.5, 0.6) is 5.75 Å². The van der Waals surface area contributed by atoms with Crippen LogP contribution in [0.15, 0.2) is 24.3 Å². The molecule has 0 aliphatic heterocycles. The molecule has 4 nitrogen and oxygen atoms in total. The summed E-state index contributed by atoms with van der Waals surface area (Å²) < 4.78 is 5.23. The summed E-state index contributed by atoms with van der Waals surface area (Å²) in [5.74, 6) is 0.404. The Morgan fingerprint density at radius 1 is 1.47 bits per heavy atom. The van der Waals surface area contributed by atoms with Gasteiger partial charge in [0.05, 0.1) is 12.1 Å². The second-order valence-electron chi connectivity index (χ2n) is 3.49. The number of para-hydroxylation sites is 1. The molecule has 0 spiro atoms. The van der Waals surface area contributed by atoms with Gasteiger partial charge in [0.1, 0.15) is 5.75 Å². The monoisotopic (exact) mass is 209 g/mol. The normalized spacial score (nSPS) is 12.5. The van der Waals surface area contributed by atoms with Gasteiger partial charge in [-0.25, -0.2) is 0 Å². The molecule has 1 aromatic carbocycles. The molecule has 0 heterocycles. The molecule has 1 unspecified atom stereocenters. The van der Waals surface area contributed by atoms with Crippen molar-refractivity contribution in [3.05, 3.63) is 29.8 Å². The minimum Gasteiger partial charge on any atom is -0.463 e. The lowest BCUT2D eigenvalue weighted by molar-refractivity contribution is -0.0329. The zero-order valence-electron chi connectivity index (χ0n) is 8.88. The van der Waals surface area contributed by atoms with E-state index in [2.05, 4.69) is 0 Å². The van der Waals surface area contributed by atoms with Crippen LogP contribution in [-0.2, 0) is 0 Å². The van der Waals surface area contributed by atoms with Gasteiger partial charge >= 0.3 is 0 Å². The van der Waals surface area contributed by atoms with E-state index in [0.717, 1.165) is 0 Å². The Morgan fingerprint density at radius 3 is 2.73 bits per heavy atom. The number of rotatable bonds is 5. The maximum Gasteiger partial charge on any atom is 0.210 e. The topological polar surface area (TPSA) is 49.8 Å². The number of carbonyl (C=O) groups is 1. The number of hydrogen-bond acceptors (Lipinski definition) is 4. The van der Waals surface area contributed by atoms with Crippen molar-refractivity contribution in [1.82, 2.24) is 4.90 Å². The van der Waals surface area contributed by atoms with Gasteiger partial charge in [-0.3, -0.25) is 4.79 Å². The first-order chi connectivity index (χ1) is 7.13. The predicted octanol–water partition coefficient (Wildman–Crippen LogP) is 0.758. The second kappa shape index (κ2) is 5.48. The highest BCUT2D eigenvalue weighted by molar-refractivity contribution is 5.79. The lowest BCUT2D eigenvalue weighted by Gasteiger charge is -2.18. The highest BCUT2D eigenvalue weighted by Gasteiger charge is 2.09. The van der Waals surface area contributed by atoms with Gasteiger partial charge in [0.2, 0.25) is 6.29 Å². The van der Waals surface area contributed by atoms with Crippen LogP contribution in [0.4, 0.5) is 0 Å². The predicted molar refractivity (Wildman–Crippen MR) is 57.0 cm³/mol. The van der Waals surface area contributed by atoms with Crippen LogP contribution in [0.2, 0.25) is 0 Å². The Bertz CT molecular complexity index is 325. The van der Waals surface area contributed by atoms with Gasteiger partial charge in [-0.05, 0) is 26.2 Å². The third-order valence-electron chi connectivity index (χ3n) is 1.83. The van der Waals surface area contributed by atoms with Gasteiger partial charge in [0.25, 0.3) is 0 Å². The molecule has 0 aromatic heterocycles. The summed E-state index contributed by atoms with van der Waals surface area (Å²) in [6, 6.07) is 6.80. The van der Waals surface area contributed by atoms with Gasteiger partial charge < -0.3 is 14.7 Å². The lowest BCUT2D eigenvalue weighted by Crippen LogP contribution is -2.30. The molecule has 0 saturated carbocycles. The van der Waals surface area contributed by atoms with Gasteiger partial charge in [0, 0.05) is 0 Å². The smallest absolute Gasteiger partial charge is 0.210 e. The molecule has 82 valence electrons. The first kappa shape index (κ1) is 11.7. The molecule has 4 heteroatoms. The summed E-state index contributed by atoms with van der Waals surface area (Å²) in [6.07, 6.45) is -0.223. The van der Waals surface area contributed by atoms with Gasteiger partial charge in [-0.15, -0.1) is 0 Å². The summed E-state index contributed by atoms with van der Waals surface area (Å²) in [5.41, 5.74) is 0.440. The summed E-state index contributed by atoms with van der Waals surface area (Å²) >= 11 is 0. The molecule has 1 aromatic rings. The van der Waals surface area contributed by atoms with Gasteiger partial charge in [-0.2, -0.15) is 0 Å². The average molecular weight is 209 g/mol. The molecular weight excluding hydrogens is 194 g/mol. The molecular formula is C11H15NO3. The van der Waals surface area contributed by atoms with Crippen LogP contribution in [0.25, 0.3) is 0 Å². The lowest BCUT2D eigenvalue weighted by atomic mass is 10.2. The van der Waals surface area contributed by atoms with E-state index >= 15 is 0 Å². The number of hydrogen-bond donors (Lipinski definition) is 1. The summed E-state index contributed by atoms with van der Waals surface area (Å²) in [7, 11) is 3.66. The Balaban J connectivity index is 2.67. The van der Waals surface area contributed by atoms with Crippen LogP contribution < -0.4 is 4.74 Å². The second-order valence-corrected chi connectivity index (χ2v) is 3.49. The molecule has 0 radical (unpaired) electrons. The van der Waals surface area contributed by atoms with Crippen LogP contribution >= 0.6 is 0 Å². The summed E-state index contributed by atoms with van der Waals surface area (Å²) in [4.78, 5) is 12.5. The van der Waals surface area contributed by atoms with E-state index in [1.807, 2.05) is 14.1 Å². The molecule has 0 fully saturated rings. The van der Waals surface area contributed by atoms with E-state index < -0.39 is 6.29 Å². The average Bonchev–Trinajstić information content (AvgIpc) is 2.17. The van der Waals surface area contributed by atoms with Crippen LogP contribution in [0, 0.1) is 0 Å². The fourth-order valence-corrected chi connectivity index (χ4v) is 1.18. The van der Waals surface area contributed by atoms with Crippen molar-refractivity contribution in [2.24, 2.45) is 0 Å². The number of likely N-dealkylation sites (N-methyl/N-ethyl adjacent to an activating group) is 1. The number of aliphatic hydroxyl groups is 1. The number of benzene rings is 1. The van der Waals surface area contributed by atoms with Crippen molar-refractivity contribution in [3.63, 3.8) is 0 Å². The molecule has 0 bridgehead atoms. The maximum atomic E-state index is 10.7. The molecule has 0 aliphatic carbocycles.